The highest BCUT2D eigenvalue weighted by Gasteiger charge is 2.23. The molecule has 10 heteroatoms. The molecule has 5 aromatic rings. The van der Waals surface area contributed by atoms with E-state index in [2.05, 4.69) is 16.0 Å². The third-order valence-electron chi connectivity index (χ3n) is 6.53. The highest BCUT2D eigenvalue weighted by Crippen LogP contribution is 2.37. The lowest BCUT2D eigenvalue weighted by Crippen LogP contribution is -2.30. The van der Waals surface area contributed by atoms with E-state index in [-0.39, 0.29) is 11.6 Å². The molecule has 3 N–H and O–H groups in total. The van der Waals surface area contributed by atoms with Crippen molar-refractivity contribution in [3.05, 3.63) is 166 Å². The van der Waals surface area contributed by atoms with Crippen LogP contribution < -0.4 is 16.0 Å². The number of rotatable bonds is 10. The minimum Gasteiger partial charge on any atom is -0.325 e. The standard InChI is InChI=1S/C36H26Cl2FN3O3S/c37-26-19-27(38)21-30(20-26)41-36(45)33(24-8-3-1-4-9-24)46-31-13-7-12-29(22-31)40-35(44)32(18-23-14-16-28(39)17-15-23)42-34(43)25-10-5-2-6-11-25/h1-22,33H,(H,40,44)(H,41,45)(H,42,43)/b32-18-. The second-order valence-corrected chi connectivity index (χ2v) is 12.0. The van der Waals surface area contributed by atoms with Crippen LogP contribution in [0.4, 0.5) is 15.8 Å². The predicted molar refractivity (Wildman–Crippen MR) is 183 cm³/mol. The summed E-state index contributed by atoms with van der Waals surface area (Å²) >= 11 is 13.6. The zero-order valence-corrected chi connectivity index (χ0v) is 26.4. The lowest BCUT2D eigenvalue weighted by molar-refractivity contribution is -0.116. The van der Waals surface area contributed by atoms with Gasteiger partial charge in [-0.15, -0.1) is 11.8 Å². The van der Waals surface area contributed by atoms with Gasteiger partial charge in [0.2, 0.25) is 5.91 Å². The van der Waals surface area contributed by atoms with Crippen molar-refractivity contribution in [2.45, 2.75) is 10.1 Å². The molecular weight excluding hydrogens is 644 g/mol. The largest absolute Gasteiger partial charge is 0.325 e. The monoisotopic (exact) mass is 669 g/mol. The van der Waals surface area contributed by atoms with Crippen LogP contribution in [-0.2, 0) is 9.59 Å². The van der Waals surface area contributed by atoms with E-state index in [4.69, 9.17) is 23.2 Å². The van der Waals surface area contributed by atoms with Crippen LogP contribution in [0.2, 0.25) is 10.0 Å². The molecule has 1 atom stereocenters. The fraction of sp³-hybridized carbons (Fsp3) is 0.0278. The van der Waals surface area contributed by atoms with Crippen molar-refractivity contribution in [3.63, 3.8) is 0 Å². The molecule has 0 saturated heterocycles. The lowest BCUT2D eigenvalue weighted by atomic mass is 10.1. The summed E-state index contributed by atoms with van der Waals surface area (Å²) in [6.07, 6.45) is 1.46. The Morgan fingerprint density at radius 2 is 1.35 bits per heavy atom. The molecule has 0 aliphatic heterocycles. The summed E-state index contributed by atoms with van der Waals surface area (Å²) in [6.45, 7) is 0. The number of amides is 3. The quantitative estimate of drug-likeness (QED) is 0.102. The van der Waals surface area contributed by atoms with Gasteiger partial charge in [-0.1, -0.05) is 89.9 Å². The maximum absolute atomic E-state index is 13.5. The number of thioether (sulfide) groups is 1. The highest BCUT2D eigenvalue weighted by molar-refractivity contribution is 8.00. The molecule has 5 aromatic carbocycles. The molecule has 0 aliphatic rings. The SMILES string of the molecule is O=C(Nc1cccc(SC(C(=O)Nc2cc(Cl)cc(Cl)c2)c2ccccc2)c1)/C(=C/c1ccc(F)cc1)NC(=O)c1ccccc1. The third-order valence-corrected chi connectivity index (χ3v) is 8.21. The number of halogens is 3. The summed E-state index contributed by atoms with van der Waals surface area (Å²) in [6, 6.07) is 35.1. The maximum atomic E-state index is 13.5. The fourth-order valence-corrected chi connectivity index (χ4v) is 5.99. The van der Waals surface area contributed by atoms with Gasteiger partial charge in [0.1, 0.15) is 16.8 Å². The van der Waals surface area contributed by atoms with Gasteiger partial charge in [-0.3, -0.25) is 14.4 Å². The Morgan fingerprint density at radius 3 is 2.02 bits per heavy atom. The molecular formula is C36H26Cl2FN3O3S. The van der Waals surface area contributed by atoms with Crippen molar-refractivity contribution >= 4 is 70.1 Å². The summed E-state index contributed by atoms with van der Waals surface area (Å²) in [7, 11) is 0. The first-order valence-corrected chi connectivity index (χ1v) is 15.6. The molecule has 1 unspecified atom stereocenters. The average molecular weight is 671 g/mol. The van der Waals surface area contributed by atoms with Gasteiger partial charge in [-0.05, 0) is 77.9 Å². The lowest BCUT2D eigenvalue weighted by Gasteiger charge is -2.18. The van der Waals surface area contributed by atoms with E-state index in [0.717, 1.165) is 5.56 Å². The van der Waals surface area contributed by atoms with Gasteiger partial charge >= 0.3 is 0 Å². The smallest absolute Gasteiger partial charge is 0.272 e. The first-order valence-electron chi connectivity index (χ1n) is 14.0. The summed E-state index contributed by atoms with van der Waals surface area (Å²) in [5.74, 6) is -1.79. The summed E-state index contributed by atoms with van der Waals surface area (Å²) in [4.78, 5) is 40.7. The minimum absolute atomic E-state index is 0.0414. The van der Waals surface area contributed by atoms with Crippen LogP contribution in [0.1, 0.15) is 26.7 Å². The number of hydrogen-bond acceptors (Lipinski definition) is 4. The molecule has 0 bridgehead atoms. The number of benzene rings is 5. The molecule has 5 rings (SSSR count). The number of carbonyl (C=O) groups is 3. The van der Waals surface area contributed by atoms with Crippen LogP contribution in [0, 0.1) is 5.82 Å². The molecule has 0 aromatic heterocycles. The third kappa shape index (κ3) is 9.08. The molecule has 0 radical (unpaired) electrons. The number of nitrogens with one attached hydrogen (secondary N) is 3. The number of hydrogen-bond donors (Lipinski definition) is 3. The second-order valence-electron chi connectivity index (χ2n) is 9.97. The predicted octanol–water partition coefficient (Wildman–Crippen LogP) is 9.01. The molecule has 6 nitrogen and oxygen atoms in total. The van der Waals surface area contributed by atoms with Crippen LogP contribution in [0.3, 0.4) is 0 Å². The Kier molecular flexibility index (Phi) is 10.9. The summed E-state index contributed by atoms with van der Waals surface area (Å²) in [5.41, 5.74) is 2.50. The van der Waals surface area contributed by atoms with Crippen molar-refractivity contribution < 1.29 is 18.8 Å². The Labute approximate surface area is 279 Å². The fourth-order valence-electron chi connectivity index (χ4n) is 4.38. The molecule has 46 heavy (non-hydrogen) atoms. The molecule has 230 valence electrons. The van der Waals surface area contributed by atoms with Crippen LogP contribution in [0.15, 0.2) is 138 Å². The van der Waals surface area contributed by atoms with Crippen LogP contribution in [0.25, 0.3) is 6.08 Å². The van der Waals surface area contributed by atoms with E-state index in [1.54, 1.807) is 66.7 Å². The van der Waals surface area contributed by atoms with Gasteiger partial charge in [-0.2, -0.15) is 0 Å². The minimum atomic E-state index is -0.663. The molecule has 0 aliphatic carbocycles. The van der Waals surface area contributed by atoms with Crippen molar-refractivity contribution in [2.75, 3.05) is 10.6 Å². The number of carbonyl (C=O) groups excluding carboxylic acids is 3. The Balaban J connectivity index is 1.37. The van der Waals surface area contributed by atoms with Gasteiger partial charge < -0.3 is 16.0 Å². The Hall–Kier alpha value is -4.89. The van der Waals surface area contributed by atoms with Crippen LogP contribution >= 0.6 is 35.0 Å². The zero-order chi connectivity index (χ0) is 32.5. The molecule has 3 amide bonds. The van der Waals surface area contributed by atoms with Gasteiger partial charge in [0, 0.05) is 31.9 Å². The normalized spacial score (nSPS) is 11.8. The van der Waals surface area contributed by atoms with E-state index < -0.39 is 22.9 Å². The Morgan fingerprint density at radius 1 is 0.696 bits per heavy atom. The van der Waals surface area contributed by atoms with Gasteiger partial charge in [0.15, 0.2) is 0 Å². The summed E-state index contributed by atoms with van der Waals surface area (Å²) < 4.78 is 13.5. The van der Waals surface area contributed by atoms with Crippen molar-refractivity contribution in [1.29, 1.82) is 0 Å². The zero-order valence-electron chi connectivity index (χ0n) is 24.0. The van der Waals surface area contributed by atoms with E-state index in [9.17, 15) is 18.8 Å². The van der Waals surface area contributed by atoms with E-state index in [1.807, 2.05) is 36.4 Å². The van der Waals surface area contributed by atoms with Gasteiger partial charge in [0.05, 0.1) is 0 Å². The first-order chi connectivity index (χ1) is 22.2. The number of anilines is 2. The molecule has 0 heterocycles. The summed E-state index contributed by atoms with van der Waals surface area (Å²) in [5, 5.41) is 8.51. The van der Waals surface area contributed by atoms with E-state index in [0.29, 0.717) is 37.4 Å². The molecule has 0 spiro atoms. The van der Waals surface area contributed by atoms with Crippen molar-refractivity contribution in [3.8, 4) is 0 Å². The highest BCUT2D eigenvalue weighted by atomic mass is 35.5. The van der Waals surface area contributed by atoms with E-state index in [1.165, 1.54) is 42.1 Å². The van der Waals surface area contributed by atoms with Crippen molar-refractivity contribution in [1.82, 2.24) is 5.32 Å². The maximum Gasteiger partial charge on any atom is 0.272 e. The molecule has 0 saturated carbocycles. The van der Waals surface area contributed by atoms with Crippen molar-refractivity contribution in [2.24, 2.45) is 0 Å². The topological polar surface area (TPSA) is 87.3 Å². The first kappa shape index (κ1) is 32.5. The average Bonchev–Trinajstić information content (AvgIpc) is 3.04. The van der Waals surface area contributed by atoms with Crippen LogP contribution in [0.5, 0.6) is 0 Å². The van der Waals surface area contributed by atoms with Crippen LogP contribution in [-0.4, -0.2) is 17.7 Å². The molecule has 0 fully saturated rings. The Bertz CT molecular complexity index is 1870. The van der Waals surface area contributed by atoms with Gasteiger partial charge in [0.25, 0.3) is 11.8 Å². The second kappa shape index (κ2) is 15.4. The van der Waals surface area contributed by atoms with Gasteiger partial charge in [-0.25, -0.2) is 4.39 Å². The van der Waals surface area contributed by atoms with E-state index >= 15 is 0 Å².